The Morgan fingerprint density at radius 2 is 1.57 bits per heavy atom. The van der Waals surface area contributed by atoms with Gasteiger partial charge < -0.3 is 23.7 Å². The number of methoxy groups -OCH3 is 4. The highest BCUT2D eigenvalue weighted by molar-refractivity contribution is 5.89. The van der Waals surface area contributed by atoms with Crippen LogP contribution in [0.2, 0.25) is 0 Å². The molecule has 0 radical (unpaired) electrons. The summed E-state index contributed by atoms with van der Waals surface area (Å²) in [6.07, 6.45) is 3.53. The van der Waals surface area contributed by atoms with Gasteiger partial charge in [0.2, 0.25) is 0 Å². The van der Waals surface area contributed by atoms with E-state index in [1.807, 2.05) is 18.2 Å². The molecule has 6 nitrogen and oxygen atoms in total. The molecule has 0 aliphatic rings. The smallest absolute Gasteiger partial charge is 0.385 e. The fourth-order valence-electron chi connectivity index (χ4n) is 2.30. The molecule has 6 heteroatoms. The Hall–Kier alpha value is -3.59. The standard InChI is InChI=1S/C22H22O6/c1-24-18-12-17(13-19(15-18)25-2)8-10-22(23)28-11-5-6-16-7-9-20(26-3)21(14-16)27-4/h5-7,9,12-15H,11H2,1-4H3/b6-5+. The van der Waals surface area contributed by atoms with Gasteiger partial charge in [-0.3, -0.25) is 0 Å². The summed E-state index contributed by atoms with van der Waals surface area (Å²) in [5, 5.41) is 0. The van der Waals surface area contributed by atoms with Gasteiger partial charge in [0.1, 0.15) is 18.1 Å². The number of ether oxygens (including phenoxy) is 5. The van der Waals surface area contributed by atoms with Gasteiger partial charge in [-0.1, -0.05) is 18.1 Å². The summed E-state index contributed by atoms with van der Waals surface area (Å²) in [4.78, 5) is 11.8. The average Bonchev–Trinajstić information content (AvgIpc) is 2.74. The molecule has 146 valence electrons. The van der Waals surface area contributed by atoms with Crippen LogP contribution in [0.4, 0.5) is 0 Å². The van der Waals surface area contributed by atoms with Gasteiger partial charge in [-0.2, -0.15) is 0 Å². The van der Waals surface area contributed by atoms with E-state index >= 15 is 0 Å². The second-order valence-electron chi connectivity index (χ2n) is 5.47. The summed E-state index contributed by atoms with van der Waals surface area (Å²) in [5.74, 6) is 7.02. The van der Waals surface area contributed by atoms with Crippen LogP contribution >= 0.6 is 0 Å². The third-order valence-corrected chi connectivity index (χ3v) is 3.69. The zero-order chi connectivity index (χ0) is 20.4. The number of carbonyl (C=O) groups excluding carboxylic acids is 1. The van der Waals surface area contributed by atoms with Crippen LogP contribution in [-0.2, 0) is 9.53 Å². The average molecular weight is 382 g/mol. The van der Waals surface area contributed by atoms with Crippen molar-refractivity contribution >= 4 is 12.0 Å². The van der Waals surface area contributed by atoms with Crippen LogP contribution in [0.25, 0.3) is 6.08 Å². The monoisotopic (exact) mass is 382 g/mol. The Kier molecular flexibility index (Phi) is 7.79. The quantitative estimate of drug-likeness (QED) is 0.541. The Morgan fingerprint density at radius 1 is 0.893 bits per heavy atom. The second kappa shape index (κ2) is 10.5. The van der Waals surface area contributed by atoms with Crippen LogP contribution in [0.1, 0.15) is 11.1 Å². The Labute approximate surface area is 164 Å². The first kappa shape index (κ1) is 20.7. The lowest BCUT2D eigenvalue weighted by Crippen LogP contribution is -2.00. The van der Waals surface area contributed by atoms with E-state index in [1.54, 1.807) is 58.8 Å². The first-order valence-corrected chi connectivity index (χ1v) is 8.40. The molecule has 2 aromatic carbocycles. The van der Waals surface area contributed by atoms with Crippen LogP contribution in [0, 0.1) is 11.8 Å². The number of hydrogen-bond acceptors (Lipinski definition) is 6. The van der Waals surface area contributed by atoms with Crippen LogP contribution in [0.15, 0.2) is 42.5 Å². The number of benzene rings is 2. The van der Waals surface area contributed by atoms with Crippen LogP contribution in [0.5, 0.6) is 23.0 Å². The van der Waals surface area contributed by atoms with E-state index in [0.717, 1.165) is 5.56 Å². The number of rotatable bonds is 7. The van der Waals surface area contributed by atoms with Crippen molar-refractivity contribution in [2.24, 2.45) is 0 Å². The maximum atomic E-state index is 11.8. The first-order chi connectivity index (χ1) is 13.6. The maximum Gasteiger partial charge on any atom is 0.385 e. The topological polar surface area (TPSA) is 63.2 Å². The van der Waals surface area contributed by atoms with Crippen molar-refractivity contribution < 1.29 is 28.5 Å². The lowest BCUT2D eigenvalue weighted by Gasteiger charge is -2.07. The van der Waals surface area contributed by atoms with Crippen molar-refractivity contribution in [3.63, 3.8) is 0 Å². The van der Waals surface area contributed by atoms with Gasteiger partial charge in [-0.15, -0.1) is 0 Å². The van der Waals surface area contributed by atoms with E-state index in [4.69, 9.17) is 23.7 Å². The molecule has 0 aromatic heterocycles. The SMILES string of the molecule is COc1cc(C#CC(=O)OC/C=C/c2ccc(OC)c(OC)c2)cc(OC)c1. The molecule has 0 N–H and O–H groups in total. The minimum absolute atomic E-state index is 0.100. The van der Waals surface area contributed by atoms with Crippen LogP contribution in [0.3, 0.4) is 0 Å². The second-order valence-corrected chi connectivity index (χ2v) is 5.47. The van der Waals surface area contributed by atoms with Gasteiger partial charge in [0.15, 0.2) is 11.5 Å². The molecule has 0 fully saturated rings. The molecule has 28 heavy (non-hydrogen) atoms. The molecule has 0 aliphatic heterocycles. The molecule has 0 atom stereocenters. The van der Waals surface area contributed by atoms with Crippen molar-refractivity contribution in [3.05, 3.63) is 53.6 Å². The molecular weight excluding hydrogens is 360 g/mol. The molecule has 0 saturated carbocycles. The van der Waals surface area contributed by atoms with Gasteiger partial charge in [-0.05, 0) is 35.9 Å². The molecule has 0 saturated heterocycles. The molecule has 0 bridgehead atoms. The summed E-state index contributed by atoms with van der Waals surface area (Å²) in [5.41, 5.74) is 1.48. The van der Waals surface area contributed by atoms with Crippen molar-refractivity contribution in [1.29, 1.82) is 0 Å². The zero-order valence-electron chi connectivity index (χ0n) is 16.3. The predicted molar refractivity (Wildman–Crippen MR) is 106 cm³/mol. The van der Waals surface area contributed by atoms with Gasteiger partial charge in [0.25, 0.3) is 0 Å². The van der Waals surface area contributed by atoms with Gasteiger partial charge in [0.05, 0.1) is 28.4 Å². The van der Waals surface area contributed by atoms with Crippen molar-refractivity contribution in [1.82, 2.24) is 0 Å². The molecule has 0 heterocycles. The Bertz CT molecular complexity index is 883. The molecule has 2 rings (SSSR count). The molecule has 0 unspecified atom stereocenters. The third kappa shape index (κ3) is 5.99. The van der Waals surface area contributed by atoms with Crippen molar-refractivity contribution in [2.75, 3.05) is 35.0 Å². The van der Waals surface area contributed by atoms with Crippen molar-refractivity contribution in [3.8, 4) is 34.8 Å². The molecule has 0 aliphatic carbocycles. The number of hydrogen-bond donors (Lipinski definition) is 0. The van der Waals surface area contributed by atoms with Gasteiger partial charge in [0, 0.05) is 17.6 Å². The van der Waals surface area contributed by atoms with E-state index in [-0.39, 0.29) is 6.61 Å². The molecule has 2 aromatic rings. The normalized spacial score (nSPS) is 10.0. The van der Waals surface area contributed by atoms with E-state index in [1.165, 1.54) is 0 Å². The van der Waals surface area contributed by atoms with Crippen LogP contribution in [-0.4, -0.2) is 41.0 Å². The Balaban J connectivity index is 1.93. The van der Waals surface area contributed by atoms with E-state index in [2.05, 4.69) is 11.8 Å². The van der Waals surface area contributed by atoms with Crippen LogP contribution < -0.4 is 18.9 Å². The first-order valence-electron chi connectivity index (χ1n) is 8.40. The van der Waals surface area contributed by atoms with E-state index in [0.29, 0.717) is 28.6 Å². The number of esters is 1. The lowest BCUT2D eigenvalue weighted by molar-refractivity contribution is -0.135. The number of carbonyl (C=O) groups is 1. The minimum Gasteiger partial charge on any atom is -0.497 e. The maximum absolute atomic E-state index is 11.8. The summed E-state index contributed by atoms with van der Waals surface area (Å²) in [6, 6.07) is 10.6. The van der Waals surface area contributed by atoms with Crippen molar-refractivity contribution in [2.45, 2.75) is 0 Å². The fraction of sp³-hybridized carbons (Fsp3) is 0.227. The highest BCUT2D eigenvalue weighted by Crippen LogP contribution is 2.28. The summed E-state index contributed by atoms with van der Waals surface area (Å²) < 4.78 is 25.9. The summed E-state index contributed by atoms with van der Waals surface area (Å²) in [6.45, 7) is 0.100. The fourth-order valence-corrected chi connectivity index (χ4v) is 2.30. The highest BCUT2D eigenvalue weighted by Gasteiger charge is 2.03. The summed E-state index contributed by atoms with van der Waals surface area (Å²) in [7, 11) is 6.25. The van der Waals surface area contributed by atoms with Gasteiger partial charge in [-0.25, -0.2) is 4.79 Å². The largest absolute Gasteiger partial charge is 0.497 e. The highest BCUT2D eigenvalue weighted by atomic mass is 16.5. The predicted octanol–water partition coefficient (Wildman–Crippen LogP) is 3.33. The molecule has 0 spiro atoms. The molecular formula is C22H22O6. The van der Waals surface area contributed by atoms with E-state index < -0.39 is 5.97 Å². The minimum atomic E-state index is -0.626. The van der Waals surface area contributed by atoms with Gasteiger partial charge >= 0.3 is 5.97 Å². The van der Waals surface area contributed by atoms with E-state index in [9.17, 15) is 4.79 Å². The molecule has 0 amide bonds. The third-order valence-electron chi connectivity index (χ3n) is 3.69. The zero-order valence-corrected chi connectivity index (χ0v) is 16.3. The summed E-state index contributed by atoms with van der Waals surface area (Å²) >= 11 is 0. The lowest BCUT2D eigenvalue weighted by atomic mass is 10.2. The Morgan fingerprint density at radius 3 is 2.18 bits per heavy atom.